The van der Waals surface area contributed by atoms with Gasteiger partial charge in [-0.25, -0.2) is 0 Å². The molecule has 0 radical (unpaired) electrons. The molecular formula is C15H21BrO4. The maximum atomic E-state index is 10.4. The van der Waals surface area contributed by atoms with Crippen LogP contribution in [0.3, 0.4) is 0 Å². The van der Waals surface area contributed by atoms with Crippen LogP contribution >= 0.6 is 15.9 Å². The summed E-state index contributed by atoms with van der Waals surface area (Å²) < 4.78 is 11.4. The molecule has 0 aliphatic rings. The van der Waals surface area contributed by atoms with Crippen LogP contribution in [0.1, 0.15) is 31.2 Å². The Morgan fingerprint density at radius 1 is 1.25 bits per heavy atom. The summed E-state index contributed by atoms with van der Waals surface area (Å²) >= 11 is 3.50. The molecule has 5 heteroatoms. The van der Waals surface area contributed by atoms with Crippen LogP contribution in [0, 0.1) is 0 Å². The number of unbranched alkanes of at least 4 members (excludes halogenated alkanes) is 2. The fraction of sp³-hybridized carbons (Fsp3) is 0.533. The van der Waals surface area contributed by atoms with Gasteiger partial charge in [-0.1, -0.05) is 12.5 Å². The first-order valence-electron chi connectivity index (χ1n) is 6.75. The highest BCUT2D eigenvalue weighted by atomic mass is 79.9. The molecule has 0 aliphatic heterocycles. The summed E-state index contributed by atoms with van der Waals surface area (Å²) in [6.45, 7) is 1.10. The molecule has 0 amide bonds. The third kappa shape index (κ3) is 6.91. The lowest BCUT2D eigenvalue weighted by Crippen LogP contribution is -2.04. The summed E-state index contributed by atoms with van der Waals surface area (Å²) in [6.07, 6.45) is 3.90. The SMILES string of the molecule is COCCOc1ccc(CCCCCC(=O)O)cc1Br. The van der Waals surface area contributed by atoms with Gasteiger partial charge in [0.2, 0.25) is 0 Å². The van der Waals surface area contributed by atoms with Crippen molar-refractivity contribution < 1.29 is 19.4 Å². The van der Waals surface area contributed by atoms with Gasteiger partial charge in [-0.3, -0.25) is 4.79 Å². The lowest BCUT2D eigenvalue weighted by Gasteiger charge is -2.09. The highest BCUT2D eigenvalue weighted by Gasteiger charge is 2.03. The van der Waals surface area contributed by atoms with Gasteiger partial charge in [-0.2, -0.15) is 0 Å². The van der Waals surface area contributed by atoms with Gasteiger partial charge in [0, 0.05) is 13.5 Å². The number of methoxy groups -OCH3 is 1. The van der Waals surface area contributed by atoms with Crippen molar-refractivity contribution in [1.82, 2.24) is 0 Å². The van der Waals surface area contributed by atoms with Crippen LogP contribution in [-0.2, 0) is 16.0 Å². The Morgan fingerprint density at radius 3 is 2.70 bits per heavy atom. The minimum atomic E-state index is -0.717. The lowest BCUT2D eigenvalue weighted by atomic mass is 10.1. The second-order valence-electron chi connectivity index (χ2n) is 4.56. The van der Waals surface area contributed by atoms with E-state index in [1.165, 1.54) is 5.56 Å². The van der Waals surface area contributed by atoms with E-state index >= 15 is 0 Å². The van der Waals surface area contributed by atoms with Crippen molar-refractivity contribution in [2.75, 3.05) is 20.3 Å². The van der Waals surface area contributed by atoms with E-state index in [4.69, 9.17) is 14.6 Å². The van der Waals surface area contributed by atoms with Crippen LogP contribution < -0.4 is 4.74 Å². The Labute approximate surface area is 128 Å². The number of aliphatic carboxylic acids is 1. The summed E-state index contributed by atoms with van der Waals surface area (Å²) in [4.78, 5) is 10.4. The average molecular weight is 345 g/mol. The second kappa shape index (κ2) is 9.77. The number of halogens is 1. The molecule has 0 fully saturated rings. The molecule has 0 atom stereocenters. The van der Waals surface area contributed by atoms with Gasteiger partial charge in [0.25, 0.3) is 0 Å². The molecule has 0 saturated carbocycles. The van der Waals surface area contributed by atoms with E-state index in [1.807, 2.05) is 12.1 Å². The molecule has 1 aromatic rings. The monoisotopic (exact) mass is 344 g/mol. The van der Waals surface area contributed by atoms with Gasteiger partial charge in [-0.15, -0.1) is 0 Å². The Balaban J connectivity index is 2.33. The molecule has 112 valence electrons. The van der Waals surface area contributed by atoms with E-state index in [0.717, 1.165) is 35.9 Å². The predicted octanol–water partition coefficient (Wildman–Crippen LogP) is 3.66. The van der Waals surface area contributed by atoms with Crippen molar-refractivity contribution in [2.45, 2.75) is 32.1 Å². The van der Waals surface area contributed by atoms with E-state index in [9.17, 15) is 4.79 Å². The Bertz CT molecular complexity index is 420. The molecule has 0 aliphatic carbocycles. The molecule has 0 bridgehead atoms. The summed E-state index contributed by atoms with van der Waals surface area (Å²) in [6, 6.07) is 6.05. The molecule has 1 rings (SSSR count). The third-order valence-electron chi connectivity index (χ3n) is 2.90. The molecule has 0 spiro atoms. The highest BCUT2D eigenvalue weighted by Crippen LogP contribution is 2.26. The van der Waals surface area contributed by atoms with Gasteiger partial charge in [0.05, 0.1) is 11.1 Å². The summed E-state index contributed by atoms with van der Waals surface area (Å²) in [5, 5.41) is 8.56. The maximum Gasteiger partial charge on any atom is 0.303 e. The smallest absolute Gasteiger partial charge is 0.303 e. The number of ether oxygens (including phenoxy) is 2. The number of benzene rings is 1. The van der Waals surface area contributed by atoms with Gasteiger partial charge in [0.1, 0.15) is 12.4 Å². The first-order chi connectivity index (χ1) is 9.63. The molecule has 20 heavy (non-hydrogen) atoms. The molecule has 0 heterocycles. The van der Waals surface area contributed by atoms with Crippen LogP contribution in [-0.4, -0.2) is 31.4 Å². The zero-order chi connectivity index (χ0) is 14.8. The number of hydrogen-bond donors (Lipinski definition) is 1. The minimum absolute atomic E-state index is 0.260. The number of aryl methyl sites for hydroxylation is 1. The van der Waals surface area contributed by atoms with Crippen LogP contribution in [0.4, 0.5) is 0 Å². The predicted molar refractivity (Wildman–Crippen MR) is 81.3 cm³/mol. The van der Waals surface area contributed by atoms with Crippen molar-refractivity contribution in [3.05, 3.63) is 28.2 Å². The number of carboxylic acid groups (broad SMARTS) is 1. The van der Waals surface area contributed by atoms with E-state index in [-0.39, 0.29) is 6.42 Å². The number of rotatable bonds is 10. The first kappa shape index (κ1) is 17.0. The summed E-state index contributed by atoms with van der Waals surface area (Å²) in [5.41, 5.74) is 1.23. The van der Waals surface area contributed by atoms with Gasteiger partial charge in [0.15, 0.2) is 0 Å². The number of carbonyl (C=O) groups is 1. The minimum Gasteiger partial charge on any atom is -0.490 e. The lowest BCUT2D eigenvalue weighted by molar-refractivity contribution is -0.137. The van der Waals surface area contributed by atoms with Gasteiger partial charge in [-0.05, 0) is 52.9 Å². The van der Waals surface area contributed by atoms with Crippen molar-refractivity contribution in [3.63, 3.8) is 0 Å². The van der Waals surface area contributed by atoms with E-state index in [2.05, 4.69) is 22.0 Å². The van der Waals surface area contributed by atoms with E-state index in [0.29, 0.717) is 13.2 Å². The maximum absolute atomic E-state index is 10.4. The Hall–Kier alpha value is -1.07. The van der Waals surface area contributed by atoms with Crippen LogP contribution in [0.5, 0.6) is 5.75 Å². The van der Waals surface area contributed by atoms with Crippen LogP contribution in [0.25, 0.3) is 0 Å². The van der Waals surface area contributed by atoms with Crippen molar-refractivity contribution in [2.24, 2.45) is 0 Å². The van der Waals surface area contributed by atoms with E-state index < -0.39 is 5.97 Å². The quantitative estimate of drug-likeness (QED) is 0.658. The van der Waals surface area contributed by atoms with Crippen LogP contribution in [0.15, 0.2) is 22.7 Å². The third-order valence-corrected chi connectivity index (χ3v) is 3.52. The average Bonchev–Trinajstić information content (AvgIpc) is 2.40. The Kier molecular flexibility index (Phi) is 8.30. The molecule has 0 saturated heterocycles. The fourth-order valence-electron chi connectivity index (χ4n) is 1.83. The highest BCUT2D eigenvalue weighted by molar-refractivity contribution is 9.10. The second-order valence-corrected chi connectivity index (χ2v) is 5.41. The summed E-state index contributed by atoms with van der Waals surface area (Å²) in [7, 11) is 1.64. The molecular weight excluding hydrogens is 324 g/mol. The van der Waals surface area contributed by atoms with Crippen molar-refractivity contribution >= 4 is 21.9 Å². The molecule has 1 aromatic carbocycles. The number of hydrogen-bond acceptors (Lipinski definition) is 3. The zero-order valence-electron chi connectivity index (χ0n) is 11.7. The van der Waals surface area contributed by atoms with Gasteiger partial charge < -0.3 is 14.6 Å². The normalized spacial score (nSPS) is 10.5. The van der Waals surface area contributed by atoms with Crippen molar-refractivity contribution in [1.29, 1.82) is 0 Å². The Morgan fingerprint density at radius 2 is 2.05 bits per heavy atom. The summed E-state index contributed by atoms with van der Waals surface area (Å²) in [5.74, 6) is 0.0991. The first-order valence-corrected chi connectivity index (χ1v) is 7.54. The zero-order valence-corrected chi connectivity index (χ0v) is 13.3. The topological polar surface area (TPSA) is 55.8 Å². The van der Waals surface area contributed by atoms with Crippen molar-refractivity contribution in [3.8, 4) is 5.75 Å². The largest absolute Gasteiger partial charge is 0.490 e. The molecule has 0 unspecified atom stereocenters. The molecule has 4 nitrogen and oxygen atoms in total. The standard InChI is InChI=1S/C15H21BrO4/c1-19-9-10-20-14-8-7-12(11-13(14)16)5-3-2-4-6-15(17)18/h7-8,11H,2-6,9-10H2,1H3,(H,17,18). The molecule has 0 aromatic heterocycles. The van der Waals surface area contributed by atoms with Gasteiger partial charge >= 0.3 is 5.97 Å². The number of carboxylic acids is 1. The van der Waals surface area contributed by atoms with E-state index in [1.54, 1.807) is 7.11 Å². The fourth-order valence-corrected chi connectivity index (χ4v) is 2.37. The molecule has 1 N–H and O–H groups in total. The van der Waals surface area contributed by atoms with Crippen LogP contribution in [0.2, 0.25) is 0 Å².